The van der Waals surface area contributed by atoms with Gasteiger partial charge in [0.05, 0.1) is 21.7 Å². The minimum Gasteiger partial charge on any atom is -0.494 e. The van der Waals surface area contributed by atoms with Crippen molar-refractivity contribution in [3.05, 3.63) is 48.3 Å². The molecule has 1 aromatic heterocycles. The Bertz CT molecular complexity index is 1300. The number of piperidine rings is 1. The maximum atomic E-state index is 13.7. The van der Waals surface area contributed by atoms with E-state index in [1.165, 1.54) is 27.8 Å². The van der Waals surface area contributed by atoms with Crippen molar-refractivity contribution in [2.75, 3.05) is 51.8 Å². The molecule has 194 valence electrons. The fourth-order valence-corrected chi connectivity index (χ4v) is 6.68. The van der Waals surface area contributed by atoms with Crippen LogP contribution in [0.4, 0.5) is 9.52 Å². The van der Waals surface area contributed by atoms with Crippen LogP contribution in [0.5, 0.6) is 5.75 Å². The number of aromatic nitrogens is 1. The lowest BCUT2D eigenvalue weighted by atomic mass is 9.96. The Hall–Kier alpha value is -2.60. The number of likely N-dealkylation sites (N-methyl/N-ethyl adjacent to an activating group) is 1. The topological polar surface area (TPSA) is 83.1 Å². The third-order valence-corrected chi connectivity index (χ3v) is 9.14. The van der Waals surface area contributed by atoms with E-state index in [-0.39, 0.29) is 29.8 Å². The highest BCUT2D eigenvalue weighted by atomic mass is 32.2. The van der Waals surface area contributed by atoms with Crippen molar-refractivity contribution in [2.45, 2.75) is 24.7 Å². The summed E-state index contributed by atoms with van der Waals surface area (Å²) in [6.07, 6.45) is 0.828. The molecule has 1 amide bonds. The number of halogens is 1. The van der Waals surface area contributed by atoms with Crippen LogP contribution in [0.3, 0.4) is 0 Å². The lowest BCUT2D eigenvalue weighted by Gasteiger charge is -2.33. The average Bonchev–Trinajstić information content (AvgIpc) is 3.27. The Morgan fingerprint density at radius 1 is 1.14 bits per heavy atom. The van der Waals surface area contributed by atoms with Crippen molar-refractivity contribution in [1.29, 1.82) is 0 Å². The van der Waals surface area contributed by atoms with Gasteiger partial charge in [0.15, 0.2) is 5.13 Å². The molecule has 0 spiro atoms. The van der Waals surface area contributed by atoms with E-state index in [1.807, 2.05) is 44.1 Å². The third kappa shape index (κ3) is 5.86. The summed E-state index contributed by atoms with van der Waals surface area (Å²) in [6, 6.07) is 10.5. The van der Waals surface area contributed by atoms with Crippen molar-refractivity contribution < 1.29 is 22.3 Å². The van der Waals surface area contributed by atoms with E-state index >= 15 is 0 Å². The number of amides is 1. The molecule has 0 atom stereocenters. The Morgan fingerprint density at radius 2 is 1.83 bits per heavy atom. The molecule has 1 aliphatic rings. The van der Waals surface area contributed by atoms with Gasteiger partial charge in [-0.15, -0.1) is 0 Å². The summed E-state index contributed by atoms with van der Waals surface area (Å²) in [5, 5.41) is 0.631. The number of carbonyl (C=O) groups is 1. The molecule has 0 N–H and O–H groups in total. The monoisotopic (exact) mass is 534 g/mol. The molecule has 11 heteroatoms. The highest BCUT2D eigenvalue weighted by Crippen LogP contribution is 2.33. The van der Waals surface area contributed by atoms with Gasteiger partial charge in [0.1, 0.15) is 11.6 Å². The molecule has 36 heavy (non-hydrogen) atoms. The second-order valence-electron chi connectivity index (χ2n) is 8.98. The zero-order valence-corrected chi connectivity index (χ0v) is 22.3. The molecule has 8 nitrogen and oxygen atoms in total. The van der Waals surface area contributed by atoms with Crippen molar-refractivity contribution in [3.63, 3.8) is 0 Å². The van der Waals surface area contributed by atoms with Gasteiger partial charge in [-0.2, -0.15) is 4.31 Å². The number of nitrogens with zero attached hydrogens (tertiary/aromatic N) is 4. The van der Waals surface area contributed by atoms with E-state index in [1.54, 1.807) is 4.90 Å². The normalized spacial score (nSPS) is 15.5. The second-order valence-corrected chi connectivity index (χ2v) is 11.9. The molecule has 1 saturated heterocycles. The molecule has 2 aromatic carbocycles. The van der Waals surface area contributed by atoms with Crippen molar-refractivity contribution in [3.8, 4) is 5.75 Å². The van der Waals surface area contributed by atoms with Gasteiger partial charge in [-0.05, 0) is 76.3 Å². The molecule has 0 bridgehead atoms. The van der Waals surface area contributed by atoms with Crippen LogP contribution in [-0.2, 0) is 14.8 Å². The number of carbonyl (C=O) groups excluding carboxylic acids is 1. The van der Waals surface area contributed by atoms with E-state index < -0.39 is 15.8 Å². The van der Waals surface area contributed by atoms with Crippen LogP contribution in [0.1, 0.15) is 19.8 Å². The molecule has 0 saturated carbocycles. The second kappa shape index (κ2) is 11.2. The first kappa shape index (κ1) is 26.5. The van der Waals surface area contributed by atoms with Gasteiger partial charge < -0.3 is 9.64 Å². The zero-order chi connectivity index (χ0) is 25.9. The molecule has 1 aliphatic heterocycles. The molecule has 2 heterocycles. The van der Waals surface area contributed by atoms with E-state index in [2.05, 4.69) is 0 Å². The molecule has 0 radical (unpaired) electrons. The van der Waals surface area contributed by atoms with Crippen LogP contribution in [0.2, 0.25) is 0 Å². The molecule has 4 rings (SSSR count). The van der Waals surface area contributed by atoms with E-state index in [0.29, 0.717) is 37.7 Å². The fraction of sp³-hybridized carbons (Fsp3) is 0.440. The maximum Gasteiger partial charge on any atom is 0.243 e. The Morgan fingerprint density at radius 3 is 2.47 bits per heavy atom. The molecule has 0 aliphatic carbocycles. The summed E-state index contributed by atoms with van der Waals surface area (Å²) < 4.78 is 47.1. The molecule has 1 fully saturated rings. The number of fused-ring (bicyclic) bond motifs is 1. The standard InChI is InChI=1S/C25H31FN4O4S2/c1-4-34-20-7-10-22-23(17-20)35-25(27-22)30(16-15-28(2)3)24(31)18-11-13-29(14-12-18)36(32,33)21-8-5-19(26)6-9-21/h5-10,17-18H,4,11-16H2,1-3H3. The Labute approximate surface area is 215 Å². The highest BCUT2D eigenvalue weighted by molar-refractivity contribution is 7.89. The van der Waals surface area contributed by atoms with Crippen LogP contribution in [0.15, 0.2) is 47.4 Å². The smallest absolute Gasteiger partial charge is 0.243 e. The minimum atomic E-state index is -3.74. The van der Waals surface area contributed by atoms with Gasteiger partial charge in [-0.25, -0.2) is 17.8 Å². The SMILES string of the molecule is CCOc1ccc2nc(N(CCN(C)C)C(=O)C3CCN(S(=O)(=O)c4ccc(F)cc4)CC3)sc2c1. The fourth-order valence-electron chi connectivity index (χ4n) is 4.18. The summed E-state index contributed by atoms with van der Waals surface area (Å²) in [5.41, 5.74) is 0.807. The number of hydrogen-bond acceptors (Lipinski definition) is 7. The number of anilines is 1. The molecule has 0 unspecified atom stereocenters. The van der Waals surface area contributed by atoms with Gasteiger partial charge in [0.25, 0.3) is 0 Å². The predicted molar refractivity (Wildman–Crippen MR) is 140 cm³/mol. The number of sulfonamides is 1. The quantitative estimate of drug-likeness (QED) is 0.415. The van der Waals surface area contributed by atoms with Gasteiger partial charge in [-0.1, -0.05) is 11.3 Å². The number of benzene rings is 2. The van der Waals surface area contributed by atoms with Crippen LogP contribution in [0.25, 0.3) is 10.2 Å². The summed E-state index contributed by atoms with van der Waals surface area (Å²) in [5.74, 6) is -0.0706. The van der Waals surface area contributed by atoms with Crippen LogP contribution in [-0.4, -0.2) is 75.4 Å². The first-order valence-corrected chi connectivity index (χ1v) is 14.2. The van der Waals surface area contributed by atoms with E-state index in [4.69, 9.17) is 9.72 Å². The first-order valence-electron chi connectivity index (χ1n) is 11.9. The number of rotatable bonds is 9. The number of hydrogen-bond donors (Lipinski definition) is 0. The summed E-state index contributed by atoms with van der Waals surface area (Å²) in [6.45, 7) is 4.12. The van der Waals surface area contributed by atoms with Crippen molar-refractivity contribution >= 4 is 42.6 Å². The highest BCUT2D eigenvalue weighted by Gasteiger charge is 2.35. The van der Waals surface area contributed by atoms with Crippen molar-refractivity contribution in [2.24, 2.45) is 5.92 Å². The Kier molecular flexibility index (Phi) is 8.23. The van der Waals surface area contributed by atoms with Gasteiger partial charge in [0, 0.05) is 32.1 Å². The lowest BCUT2D eigenvalue weighted by molar-refractivity contribution is -0.123. The third-order valence-electron chi connectivity index (χ3n) is 6.18. The van der Waals surface area contributed by atoms with Gasteiger partial charge >= 0.3 is 0 Å². The van der Waals surface area contributed by atoms with Crippen LogP contribution < -0.4 is 9.64 Å². The summed E-state index contributed by atoms with van der Waals surface area (Å²) >= 11 is 1.45. The van der Waals surface area contributed by atoms with Crippen LogP contribution >= 0.6 is 11.3 Å². The van der Waals surface area contributed by atoms with Crippen molar-refractivity contribution in [1.82, 2.24) is 14.2 Å². The molecular weight excluding hydrogens is 503 g/mol. The van der Waals surface area contributed by atoms with Crippen LogP contribution in [0, 0.1) is 11.7 Å². The number of ether oxygens (including phenoxy) is 1. The number of thiazole rings is 1. The first-order chi connectivity index (χ1) is 17.2. The Balaban J connectivity index is 1.50. The molecular formula is C25H31FN4O4S2. The average molecular weight is 535 g/mol. The van der Waals surface area contributed by atoms with Gasteiger partial charge in [-0.3, -0.25) is 9.69 Å². The van der Waals surface area contributed by atoms with E-state index in [9.17, 15) is 17.6 Å². The summed E-state index contributed by atoms with van der Waals surface area (Å²) in [4.78, 5) is 22.2. The van der Waals surface area contributed by atoms with Gasteiger partial charge in [0.2, 0.25) is 15.9 Å². The predicted octanol–water partition coefficient (Wildman–Crippen LogP) is 3.83. The molecule has 3 aromatic rings. The lowest BCUT2D eigenvalue weighted by Crippen LogP contribution is -2.46. The summed E-state index contributed by atoms with van der Waals surface area (Å²) in [7, 11) is 0.170. The van der Waals surface area contributed by atoms with E-state index in [0.717, 1.165) is 28.1 Å². The maximum absolute atomic E-state index is 13.7. The largest absolute Gasteiger partial charge is 0.494 e. The minimum absolute atomic E-state index is 0.0419. The zero-order valence-electron chi connectivity index (χ0n) is 20.7.